The summed E-state index contributed by atoms with van der Waals surface area (Å²) in [7, 11) is 0. The van der Waals surface area contributed by atoms with Gasteiger partial charge in [-0.1, -0.05) is 0 Å². The van der Waals surface area contributed by atoms with Gasteiger partial charge in [0.2, 0.25) is 0 Å². The summed E-state index contributed by atoms with van der Waals surface area (Å²) in [5.74, 6) is -1.23. The van der Waals surface area contributed by atoms with Gasteiger partial charge in [-0.15, -0.1) is 0 Å². The summed E-state index contributed by atoms with van der Waals surface area (Å²) >= 11 is 0. The summed E-state index contributed by atoms with van der Waals surface area (Å²) in [6.45, 7) is -2.23. The van der Waals surface area contributed by atoms with Crippen LogP contribution in [0.25, 0.3) is 0 Å². The Hall–Kier alpha value is -2.20. The van der Waals surface area contributed by atoms with E-state index in [1.165, 1.54) is 0 Å². The highest BCUT2D eigenvalue weighted by Gasteiger charge is 2.22. The molecule has 0 fully saturated rings. The second-order valence-corrected chi connectivity index (χ2v) is 3.33. The first-order valence-corrected chi connectivity index (χ1v) is 5.33. The molecule has 0 radical (unpaired) electrons. The number of halogens is 2. The number of aliphatic hydroxyl groups is 1. The van der Waals surface area contributed by atoms with Gasteiger partial charge < -0.3 is 14.6 Å². The molecule has 0 saturated carbocycles. The lowest BCUT2D eigenvalue weighted by Gasteiger charge is -2.14. The lowest BCUT2D eigenvalue weighted by Crippen LogP contribution is -2.13. The molecule has 19 heavy (non-hydrogen) atoms. The normalized spacial score (nSPS) is 10.1. The predicted octanol–water partition coefficient (Wildman–Crippen LogP) is 1.83. The maximum Gasteiger partial charge on any atom is 0.387 e. The summed E-state index contributed by atoms with van der Waals surface area (Å²) in [5.41, 5.74) is -0.535. The van der Waals surface area contributed by atoms with Crippen molar-refractivity contribution < 1.29 is 28.2 Å². The number of nitriles is 1. The third kappa shape index (κ3) is 3.39. The Balaban J connectivity index is 3.38. The minimum atomic E-state index is -3.10. The van der Waals surface area contributed by atoms with Crippen molar-refractivity contribution in [2.75, 3.05) is 6.61 Å². The van der Waals surface area contributed by atoms with Crippen molar-refractivity contribution in [2.24, 2.45) is 0 Å². The molecular formula is C12H11F2NO4. The van der Waals surface area contributed by atoms with Crippen LogP contribution in [0.4, 0.5) is 8.78 Å². The highest BCUT2D eigenvalue weighted by molar-refractivity contribution is 5.94. The van der Waals surface area contributed by atoms with Crippen LogP contribution in [-0.2, 0) is 11.3 Å². The topological polar surface area (TPSA) is 79.6 Å². The van der Waals surface area contributed by atoms with E-state index in [2.05, 4.69) is 4.74 Å². The van der Waals surface area contributed by atoms with E-state index < -0.39 is 19.2 Å². The van der Waals surface area contributed by atoms with Crippen LogP contribution in [0, 0.1) is 11.3 Å². The minimum absolute atomic E-state index is 0.0501. The third-order valence-corrected chi connectivity index (χ3v) is 2.24. The zero-order valence-electron chi connectivity index (χ0n) is 10.0. The van der Waals surface area contributed by atoms with Crippen LogP contribution in [0.15, 0.2) is 12.1 Å². The average Bonchev–Trinajstić information content (AvgIpc) is 2.37. The molecule has 7 heteroatoms. The quantitative estimate of drug-likeness (QED) is 0.826. The molecule has 0 bridgehead atoms. The number of aliphatic hydroxyl groups excluding tert-OH is 1. The van der Waals surface area contributed by atoms with Crippen molar-refractivity contribution in [3.63, 3.8) is 0 Å². The number of carbonyl (C=O) groups is 1. The van der Waals surface area contributed by atoms with Crippen LogP contribution >= 0.6 is 0 Å². The van der Waals surface area contributed by atoms with Crippen LogP contribution in [0.3, 0.4) is 0 Å². The molecule has 0 aliphatic rings. The van der Waals surface area contributed by atoms with E-state index in [-0.39, 0.29) is 29.0 Å². The number of nitrogens with zero attached hydrogens (tertiary/aromatic N) is 1. The molecule has 1 rings (SSSR count). The number of hydrogen-bond acceptors (Lipinski definition) is 5. The van der Waals surface area contributed by atoms with E-state index in [4.69, 9.17) is 10.00 Å². The fraction of sp³-hybridized carbons (Fsp3) is 0.333. The van der Waals surface area contributed by atoms with Crippen LogP contribution < -0.4 is 4.74 Å². The number of carbonyl (C=O) groups excluding carboxylic acids is 1. The van der Waals surface area contributed by atoms with Gasteiger partial charge in [-0.2, -0.15) is 14.0 Å². The smallest absolute Gasteiger partial charge is 0.387 e. The van der Waals surface area contributed by atoms with Crippen LogP contribution in [-0.4, -0.2) is 24.3 Å². The lowest BCUT2D eigenvalue weighted by atomic mass is 10.0. The molecule has 0 aliphatic heterocycles. The van der Waals surface area contributed by atoms with Crippen molar-refractivity contribution in [2.45, 2.75) is 20.1 Å². The second kappa shape index (κ2) is 6.66. The van der Waals surface area contributed by atoms with Crippen LogP contribution in [0.5, 0.6) is 5.75 Å². The van der Waals surface area contributed by atoms with Gasteiger partial charge in [0.15, 0.2) is 0 Å². The Kier molecular flexibility index (Phi) is 5.21. The number of esters is 1. The summed E-state index contributed by atoms with van der Waals surface area (Å²) in [6, 6.07) is 3.99. The van der Waals surface area contributed by atoms with Gasteiger partial charge in [-0.25, -0.2) is 4.79 Å². The van der Waals surface area contributed by atoms with E-state index in [9.17, 15) is 18.7 Å². The van der Waals surface area contributed by atoms with Crippen molar-refractivity contribution in [1.29, 1.82) is 5.26 Å². The number of benzene rings is 1. The fourth-order valence-corrected chi connectivity index (χ4v) is 1.52. The molecule has 0 unspecified atom stereocenters. The SMILES string of the molecule is CCOC(=O)c1c(C#N)ccc(OC(F)F)c1CO. The first-order chi connectivity index (χ1) is 9.04. The lowest BCUT2D eigenvalue weighted by molar-refractivity contribution is -0.0510. The van der Waals surface area contributed by atoms with E-state index in [1.54, 1.807) is 13.0 Å². The molecule has 0 atom stereocenters. The Morgan fingerprint density at radius 3 is 2.68 bits per heavy atom. The van der Waals surface area contributed by atoms with Crippen molar-refractivity contribution in [3.05, 3.63) is 28.8 Å². The predicted molar refractivity (Wildman–Crippen MR) is 59.7 cm³/mol. The van der Waals surface area contributed by atoms with Gasteiger partial charge in [-0.3, -0.25) is 0 Å². The molecule has 1 aromatic rings. The van der Waals surface area contributed by atoms with E-state index >= 15 is 0 Å². The van der Waals surface area contributed by atoms with E-state index in [0.29, 0.717) is 0 Å². The maximum absolute atomic E-state index is 12.2. The van der Waals surface area contributed by atoms with Crippen molar-refractivity contribution in [3.8, 4) is 11.8 Å². The van der Waals surface area contributed by atoms with Gasteiger partial charge in [0.05, 0.1) is 24.3 Å². The summed E-state index contributed by atoms with van der Waals surface area (Å²) in [5, 5.41) is 18.1. The average molecular weight is 271 g/mol. The zero-order chi connectivity index (χ0) is 14.4. The molecule has 1 aromatic carbocycles. The fourth-order valence-electron chi connectivity index (χ4n) is 1.52. The molecule has 0 heterocycles. The van der Waals surface area contributed by atoms with Gasteiger partial charge in [0, 0.05) is 5.56 Å². The number of rotatable bonds is 5. The first kappa shape index (κ1) is 14.9. The van der Waals surface area contributed by atoms with Crippen molar-refractivity contribution >= 4 is 5.97 Å². The van der Waals surface area contributed by atoms with Crippen LogP contribution in [0.2, 0.25) is 0 Å². The van der Waals surface area contributed by atoms with E-state index in [1.807, 2.05) is 0 Å². The number of alkyl halides is 2. The van der Waals surface area contributed by atoms with Crippen molar-refractivity contribution in [1.82, 2.24) is 0 Å². The monoisotopic (exact) mass is 271 g/mol. The summed E-state index contributed by atoms with van der Waals surface area (Å²) in [4.78, 5) is 11.7. The Morgan fingerprint density at radius 1 is 1.53 bits per heavy atom. The van der Waals surface area contributed by atoms with Crippen LogP contribution in [0.1, 0.15) is 28.4 Å². The zero-order valence-corrected chi connectivity index (χ0v) is 10.0. The van der Waals surface area contributed by atoms with Gasteiger partial charge >= 0.3 is 12.6 Å². The molecule has 0 amide bonds. The molecule has 5 nitrogen and oxygen atoms in total. The highest BCUT2D eigenvalue weighted by atomic mass is 19.3. The molecule has 1 N–H and O–H groups in total. The Bertz CT molecular complexity index is 511. The Morgan fingerprint density at radius 2 is 2.21 bits per heavy atom. The second-order valence-electron chi connectivity index (χ2n) is 3.33. The minimum Gasteiger partial charge on any atom is -0.462 e. The van der Waals surface area contributed by atoms with E-state index in [0.717, 1.165) is 12.1 Å². The van der Waals surface area contributed by atoms with Gasteiger partial charge in [0.1, 0.15) is 11.8 Å². The highest BCUT2D eigenvalue weighted by Crippen LogP contribution is 2.27. The maximum atomic E-state index is 12.2. The Labute approximate surface area is 108 Å². The molecule has 0 aromatic heterocycles. The largest absolute Gasteiger partial charge is 0.462 e. The number of hydrogen-bond donors (Lipinski definition) is 1. The summed E-state index contributed by atoms with van der Waals surface area (Å²) < 4.78 is 33.4. The van der Waals surface area contributed by atoms with Gasteiger partial charge in [0.25, 0.3) is 0 Å². The molecule has 102 valence electrons. The molecule has 0 saturated heterocycles. The first-order valence-electron chi connectivity index (χ1n) is 5.33. The summed E-state index contributed by atoms with van der Waals surface area (Å²) in [6.07, 6.45) is 0. The third-order valence-electron chi connectivity index (χ3n) is 2.24. The molecular weight excluding hydrogens is 260 g/mol. The standard InChI is InChI=1S/C12H11F2NO4/c1-2-18-11(17)10-7(5-15)3-4-9(8(10)6-16)19-12(13)14/h3-4,12,16H,2,6H2,1H3. The van der Waals surface area contributed by atoms with Gasteiger partial charge in [-0.05, 0) is 19.1 Å². The number of ether oxygens (including phenoxy) is 2. The molecule has 0 spiro atoms. The molecule has 0 aliphatic carbocycles.